The Balaban J connectivity index is 2.76. The molecule has 0 aromatic carbocycles. The minimum absolute atomic E-state index is 0.103. The average molecular weight is 289 g/mol. The van der Waals surface area contributed by atoms with Gasteiger partial charge < -0.3 is 9.47 Å². The van der Waals surface area contributed by atoms with Crippen molar-refractivity contribution in [2.45, 2.75) is 26.7 Å². The van der Waals surface area contributed by atoms with E-state index < -0.39 is 4.92 Å². The highest BCUT2D eigenvalue weighted by Crippen LogP contribution is 2.33. The van der Waals surface area contributed by atoms with Gasteiger partial charge in [0.2, 0.25) is 5.88 Å². The van der Waals surface area contributed by atoms with Crippen LogP contribution in [0, 0.1) is 16.0 Å². The van der Waals surface area contributed by atoms with Gasteiger partial charge in [-0.25, -0.2) is 0 Å². The molecule has 0 N–H and O–H groups in total. The van der Waals surface area contributed by atoms with Crippen molar-refractivity contribution in [1.82, 2.24) is 4.98 Å². The van der Waals surface area contributed by atoms with Crippen LogP contribution in [0.4, 0.5) is 5.69 Å². The van der Waals surface area contributed by atoms with Crippen LogP contribution in [0.2, 0.25) is 5.02 Å². The molecule has 106 valence electrons. The van der Waals surface area contributed by atoms with Crippen molar-refractivity contribution < 1.29 is 14.4 Å². The van der Waals surface area contributed by atoms with Crippen LogP contribution in [0.25, 0.3) is 0 Å². The van der Waals surface area contributed by atoms with Gasteiger partial charge in [0.05, 0.1) is 18.6 Å². The Hall–Kier alpha value is -1.56. The predicted octanol–water partition coefficient (Wildman–Crippen LogP) is 3.47. The number of ether oxygens (including phenoxy) is 2. The Labute approximate surface area is 116 Å². The number of hydrogen-bond donors (Lipinski definition) is 0. The molecule has 0 radical (unpaired) electrons. The maximum absolute atomic E-state index is 10.8. The van der Waals surface area contributed by atoms with Gasteiger partial charge in [0.1, 0.15) is 5.02 Å². The standard InChI is InChI=1S/C12H17ClN2O4/c1-8(2)5-4-6-19-11-9(13)7-10(15(16)17)12(14-11)18-3/h7-8H,4-6H2,1-3H3. The molecular weight excluding hydrogens is 272 g/mol. The fourth-order valence-electron chi connectivity index (χ4n) is 1.49. The summed E-state index contributed by atoms with van der Waals surface area (Å²) in [5.41, 5.74) is -0.276. The first kappa shape index (κ1) is 15.5. The van der Waals surface area contributed by atoms with Gasteiger partial charge in [0, 0.05) is 6.07 Å². The lowest BCUT2D eigenvalue weighted by atomic mass is 10.1. The third-order valence-electron chi connectivity index (χ3n) is 2.44. The Bertz CT molecular complexity index is 452. The van der Waals surface area contributed by atoms with E-state index in [1.165, 1.54) is 13.2 Å². The molecule has 0 saturated heterocycles. The van der Waals surface area contributed by atoms with E-state index in [1.807, 2.05) is 0 Å². The van der Waals surface area contributed by atoms with E-state index in [2.05, 4.69) is 18.8 Å². The predicted molar refractivity (Wildman–Crippen MR) is 72.0 cm³/mol. The van der Waals surface area contributed by atoms with Crippen LogP contribution in [-0.2, 0) is 0 Å². The van der Waals surface area contributed by atoms with Gasteiger partial charge >= 0.3 is 5.69 Å². The largest absolute Gasteiger partial charge is 0.477 e. The number of nitrogens with zero attached hydrogens (tertiary/aromatic N) is 2. The number of nitro groups is 1. The maximum atomic E-state index is 10.8. The van der Waals surface area contributed by atoms with Crippen molar-refractivity contribution in [1.29, 1.82) is 0 Å². The molecule has 1 aromatic rings. The van der Waals surface area contributed by atoms with Gasteiger partial charge in [-0.05, 0) is 18.8 Å². The number of rotatable bonds is 7. The lowest BCUT2D eigenvalue weighted by molar-refractivity contribution is -0.386. The fourth-order valence-corrected chi connectivity index (χ4v) is 1.69. The van der Waals surface area contributed by atoms with E-state index in [9.17, 15) is 10.1 Å². The third kappa shape index (κ3) is 4.55. The number of aromatic nitrogens is 1. The molecule has 0 fully saturated rings. The number of methoxy groups -OCH3 is 1. The summed E-state index contributed by atoms with van der Waals surface area (Å²) in [4.78, 5) is 14.1. The van der Waals surface area contributed by atoms with E-state index >= 15 is 0 Å². The summed E-state index contributed by atoms with van der Waals surface area (Å²) in [7, 11) is 1.31. The van der Waals surface area contributed by atoms with Gasteiger partial charge in [-0.2, -0.15) is 4.98 Å². The lowest BCUT2D eigenvalue weighted by Crippen LogP contribution is -2.04. The summed E-state index contributed by atoms with van der Waals surface area (Å²) < 4.78 is 10.3. The Morgan fingerprint density at radius 3 is 2.68 bits per heavy atom. The zero-order chi connectivity index (χ0) is 14.4. The van der Waals surface area contributed by atoms with Crippen LogP contribution in [0.15, 0.2) is 6.07 Å². The molecule has 1 aromatic heterocycles. The van der Waals surface area contributed by atoms with E-state index in [4.69, 9.17) is 21.1 Å². The average Bonchev–Trinajstić information content (AvgIpc) is 2.35. The molecule has 0 unspecified atom stereocenters. The smallest absolute Gasteiger partial charge is 0.332 e. The van der Waals surface area contributed by atoms with Gasteiger partial charge in [-0.1, -0.05) is 25.4 Å². The van der Waals surface area contributed by atoms with Crippen LogP contribution in [0.3, 0.4) is 0 Å². The van der Waals surface area contributed by atoms with Crippen LogP contribution in [0.1, 0.15) is 26.7 Å². The van der Waals surface area contributed by atoms with Crippen LogP contribution >= 0.6 is 11.6 Å². The van der Waals surface area contributed by atoms with Crippen molar-refractivity contribution in [2.24, 2.45) is 5.92 Å². The van der Waals surface area contributed by atoms with E-state index in [1.54, 1.807) is 0 Å². The van der Waals surface area contributed by atoms with E-state index in [0.717, 1.165) is 12.8 Å². The highest BCUT2D eigenvalue weighted by atomic mass is 35.5. The third-order valence-corrected chi connectivity index (χ3v) is 2.72. The topological polar surface area (TPSA) is 74.5 Å². The van der Waals surface area contributed by atoms with Crippen LogP contribution < -0.4 is 9.47 Å². The first-order valence-electron chi connectivity index (χ1n) is 5.97. The second kappa shape index (κ2) is 7.13. The molecule has 7 heteroatoms. The van der Waals surface area contributed by atoms with E-state index in [0.29, 0.717) is 12.5 Å². The zero-order valence-electron chi connectivity index (χ0n) is 11.2. The lowest BCUT2D eigenvalue weighted by Gasteiger charge is -2.09. The maximum Gasteiger partial charge on any atom is 0.332 e. The number of hydrogen-bond acceptors (Lipinski definition) is 5. The Morgan fingerprint density at radius 2 is 2.16 bits per heavy atom. The number of halogens is 1. The van der Waals surface area contributed by atoms with Crippen LogP contribution in [-0.4, -0.2) is 23.6 Å². The molecule has 19 heavy (non-hydrogen) atoms. The van der Waals surface area contributed by atoms with E-state index in [-0.39, 0.29) is 22.5 Å². The summed E-state index contributed by atoms with van der Waals surface area (Å²) in [6.07, 6.45) is 1.90. The summed E-state index contributed by atoms with van der Waals surface area (Å²) in [6, 6.07) is 1.19. The minimum atomic E-state index is -0.597. The fraction of sp³-hybridized carbons (Fsp3) is 0.583. The molecule has 0 atom stereocenters. The summed E-state index contributed by atoms with van der Waals surface area (Å²) in [5.74, 6) is 0.652. The highest BCUT2D eigenvalue weighted by molar-refractivity contribution is 6.32. The summed E-state index contributed by atoms with van der Waals surface area (Å²) in [6.45, 7) is 4.71. The normalized spacial score (nSPS) is 10.6. The molecule has 0 spiro atoms. The second-order valence-corrected chi connectivity index (χ2v) is 4.85. The van der Waals surface area contributed by atoms with Crippen molar-refractivity contribution in [3.63, 3.8) is 0 Å². The molecular formula is C12H17ClN2O4. The first-order valence-corrected chi connectivity index (χ1v) is 6.35. The van der Waals surface area contributed by atoms with Gasteiger partial charge in [-0.3, -0.25) is 10.1 Å². The van der Waals surface area contributed by atoms with Gasteiger partial charge in [-0.15, -0.1) is 0 Å². The molecule has 6 nitrogen and oxygen atoms in total. The SMILES string of the molecule is COc1nc(OCCCC(C)C)c(Cl)cc1[N+](=O)[O-]. The minimum Gasteiger partial charge on any atom is -0.477 e. The Kier molecular flexibility index (Phi) is 5.82. The Morgan fingerprint density at radius 1 is 1.47 bits per heavy atom. The monoisotopic (exact) mass is 288 g/mol. The van der Waals surface area contributed by atoms with Crippen LogP contribution in [0.5, 0.6) is 11.8 Å². The first-order chi connectivity index (χ1) is 8.95. The molecule has 1 heterocycles. The number of pyridine rings is 1. The van der Waals surface area contributed by atoms with Crippen molar-refractivity contribution in [2.75, 3.05) is 13.7 Å². The van der Waals surface area contributed by atoms with Crippen molar-refractivity contribution in [3.05, 3.63) is 21.2 Å². The molecule has 0 aliphatic heterocycles. The quantitative estimate of drug-likeness (QED) is 0.436. The molecule has 0 aliphatic carbocycles. The molecule has 0 bridgehead atoms. The molecule has 0 aliphatic rings. The molecule has 1 rings (SSSR count). The van der Waals surface area contributed by atoms with Gasteiger partial charge in [0.25, 0.3) is 5.88 Å². The summed E-state index contributed by atoms with van der Waals surface area (Å²) in [5, 5.41) is 10.9. The van der Waals surface area contributed by atoms with Crippen molar-refractivity contribution in [3.8, 4) is 11.8 Å². The zero-order valence-corrected chi connectivity index (χ0v) is 11.9. The summed E-state index contributed by atoms with van der Waals surface area (Å²) >= 11 is 5.90. The molecule has 0 amide bonds. The van der Waals surface area contributed by atoms with Gasteiger partial charge in [0.15, 0.2) is 0 Å². The second-order valence-electron chi connectivity index (χ2n) is 4.45. The highest BCUT2D eigenvalue weighted by Gasteiger charge is 2.20. The molecule has 0 saturated carbocycles. The van der Waals surface area contributed by atoms with Crippen molar-refractivity contribution >= 4 is 17.3 Å².